The number of nitrogens with one attached hydrogen (secondary N) is 1. The minimum absolute atomic E-state index is 0.181. The van der Waals surface area contributed by atoms with Gasteiger partial charge in [-0.2, -0.15) is 9.94 Å². The maximum absolute atomic E-state index is 12.8. The largest absolute Gasteiger partial charge is 0.497 e. The van der Waals surface area contributed by atoms with Gasteiger partial charge in [0.05, 0.1) is 23.6 Å². The van der Waals surface area contributed by atoms with Crippen LogP contribution in [-0.4, -0.2) is 38.5 Å². The summed E-state index contributed by atoms with van der Waals surface area (Å²) in [6.07, 6.45) is 4.11. The highest BCUT2D eigenvalue weighted by molar-refractivity contribution is 8.00. The molecule has 0 unspecified atom stereocenters. The normalized spacial score (nSPS) is 13.9. The Labute approximate surface area is 182 Å². The third-order valence-corrected chi connectivity index (χ3v) is 7.17. The Morgan fingerprint density at radius 2 is 2.10 bits per heavy atom. The van der Waals surface area contributed by atoms with E-state index in [-0.39, 0.29) is 5.91 Å². The predicted molar refractivity (Wildman–Crippen MR) is 115 cm³/mol. The van der Waals surface area contributed by atoms with Gasteiger partial charge in [-0.05, 0) is 72.9 Å². The zero-order chi connectivity index (χ0) is 21.1. The molecule has 0 fully saturated rings. The summed E-state index contributed by atoms with van der Waals surface area (Å²) in [6, 6.07) is 9.61. The fraction of sp³-hybridized carbons (Fsp3) is 0.350. The zero-order valence-electron chi connectivity index (χ0n) is 16.6. The third-order valence-electron chi connectivity index (χ3n) is 4.93. The number of thiophene rings is 1. The van der Waals surface area contributed by atoms with Crippen LogP contribution in [0.15, 0.2) is 29.4 Å². The van der Waals surface area contributed by atoms with Crippen LogP contribution in [0.1, 0.15) is 35.8 Å². The highest BCUT2D eigenvalue weighted by atomic mass is 32.2. The first kappa shape index (κ1) is 20.4. The van der Waals surface area contributed by atoms with Gasteiger partial charge >= 0.3 is 0 Å². The zero-order valence-corrected chi connectivity index (χ0v) is 18.2. The molecule has 1 atom stereocenters. The molecule has 10 heteroatoms. The van der Waals surface area contributed by atoms with Gasteiger partial charge in [-0.1, -0.05) is 11.8 Å². The Bertz CT molecular complexity index is 1100. The molecule has 1 N–H and O–H groups in total. The summed E-state index contributed by atoms with van der Waals surface area (Å²) in [5.41, 5.74) is 2.49. The highest BCUT2D eigenvalue weighted by Crippen LogP contribution is 2.38. The molecule has 0 bridgehead atoms. The van der Waals surface area contributed by atoms with Crippen molar-refractivity contribution >= 4 is 34.0 Å². The number of rotatable bonds is 6. The third kappa shape index (κ3) is 4.04. The molecule has 1 aliphatic rings. The second-order valence-corrected chi connectivity index (χ2v) is 9.26. The van der Waals surface area contributed by atoms with Gasteiger partial charge in [0.1, 0.15) is 16.8 Å². The van der Waals surface area contributed by atoms with Gasteiger partial charge in [-0.3, -0.25) is 4.79 Å². The molecule has 2 heterocycles. The van der Waals surface area contributed by atoms with Crippen LogP contribution in [0.2, 0.25) is 0 Å². The van der Waals surface area contributed by atoms with Crippen LogP contribution in [0, 0.1) is 11.3 Å². The van der Waals surface area contributed by atoms with Crippen molar-refractivity contribution in [3.05, 3.63) is 40.3 Å². The smallest absolute Gasteiger partial charge is 0.238 e. The van der Waals surface area contributed by atoms with E-state index in [1.807, 2.05) is 24.3 Å². The number of methoxy groups -OCH3 is 1. The minimum Gasteiger partial charge on any atom is -0.497 e. The molecule has 2 aromatic heterocycles. The number of nitrogens with zero attached hydrogens (tertiary/aromatic N) is 5. The summed E-state index contributed by atoms with van der Waals surface area (Å²) >= 11 is 2.79. The number of tetrazole rings is 1. The average molecular weight is 441 g/mol. The molecule has 0 saturated carbocycles. The SMILES string of the molecule is COc1ccc(-n2nnnc2S[C@H](C)C(=O)Nc2sc3c(c2C#N)CCCC3)cc1. The maximum Gasteiger partial charge on any atom is 0.238 e. The van der Waals surface area contributed by atoms with E-state index in [0.29, 0.717) is 15.7 Å². The summed E-state index contributed by atoms with van der Waals surface area (Å²) in [6.45, 7) is 1.80. The van der Waals surface area contributed by atoms with E-state index in [2.05, 4.69) is 26.9 Å². The van der Waals surface area contributed by atoms with Crippen molar-refractivity contribution in [1.29, 1.82) is 5.26 Å². The van der Waals surface area contributed by atoms with Crippen LogP contribution >= 0.6 is 23.1 Å². The lowest BCUT2D eigenvalue weighted by atomic mass is 9.96. The van der Waals surface area contributed by atoms with E-state index in [9.17, 15) is 10.1 Å². The first-order valence-electron chi connectivity index (χ1n) is 9.55. The van der Waals surface area contributed by atoms with Gasteiger partial charge in [0, 0.05) is 4.88 Å². The van der Waals surface area contributed by atoms with Crippen molar-refractivity contribution in [2.45, 2.75) is 43.0 Å². The van der Waals surface area contributed by atoms with E-state index in [1.165, 1.54) is 28.0 Å². The predicted octanol–water partition coefficient (Wildman–Crippen LogP) is 3.60. The van der Waals surface area contributed by atoms with Crippen LogP contribution in [0.5, 0.6) is 5.75 Å². The Kier molecular flexibility index (Phi) is 6.01. The molecule has 0 radical (unpaired) electrons. The quantitative estimate of drug-likeness (QED) is 0.584. The topological polar surface area (TPSA) is 106 Å². The van der Waals surface area contributed by atoms with E-state index in [1.54, 1.807) is 18.7 Å². The number of nitriles is 1. The second-order valence-electron chi connectivity index (χ2n) is 6.85. The van der Waals surface area contributed by atoms with Crippen LogP contribution in [0.3, 0.4) is 0 Å². The molecule has 0 aliphatic heterocycles. The lowest BCUT2D eigenvalue weighted by Crippen LogP contribution is -2.23. The molecule has 154 valence electrons. The molecule has 0 saturated heterocycles. The summed E-state index contributed by atoms with van der Waals surface area (Å²) < 4.78 is 6.76. The molecule has 30 heavy (non-hydrogen) atoms. The maximum atomic E-state index is 12.8. The Morgan fingerprint density at radius 3 is 2.83 bits per heavy atom. The van der Waals surface area contributed by atoms with Gasteiger partial charge in [0.15, 0.2) is 0 Å². The summed E-state index contributed by atoms with van der Waals surface area (Å²) in [4.78, 5) is 14.0. The van der Waals surface area contributed by atoms with Crippen LogP contribution < -0.4 is 10.1 Å². The molecule has 1 aromatic carbocycles. The molecule has 1 aliphatic carbocycles. The van der Waals surface area contributed by atoms with Crippen molar-refractivity contribution < 1.29 is 9.53 Å². The van der Waals surface area contributed by atoms with Crippen molar-refractivity contribution in [3.63, 3.8) is 0 Å². The standard InChI is InChI=1S/C20H20N6O2S2/c1-12(18(27)22-19-16(11-21)15-5-3-4-6-17(15)30-19)29-20-23-24-25-26(20)13-7-9-14(28-2)10-8-13/h7-10,12H,3-6H2,1-2H3,(H,22,27)/t12-/m1/s1. The fourth-order valence-electron chi connectivity index (χ4n) is 3.34. The average Bonchev–Trinajstić information content (AvgIpc) is 3.37. The van der Waals surface area contributed by atoms with Crippen molar-refractivity contribution in [2.24, 2.45) is 0 Å². The van der Waals surface area contributed by atoms with Gasteiger partial charge in [0.25, 0.3) is 0 Å². The number of thioether (sulfide) groups is 1. The van der Waals surface area contributed by atoms with Crippen LogP contribution in [-0.2, 0) is 17.6 Å². The Balaban J connectivity index is 1.48. The van der Waals surface area contributed by atoms with E-state index in [0.717, 1.165) is 42.7 Å². The first-order valence-corrected chi connectivity index (χ1v) is 11.2. The van der Waals surface area contributed by atoms with Gasteiger partial charge in [0.2, 0.25) is 11.1 Å². The number of anilines is 1. The van der Waals surface area contributed by atoms with Crippen molar-refractivity contribution in [3.8, 4) is 17.5 Å². The molecule has 0 spiro atoms. The number of hydrogen-bond donors (Lipinski definition) is 1. The lowest BCUT2D eigenvalue weighted by molar-refractivity contribution is -0.115. The van der Waals surface area contributed by atoms with E-state index >= 15 is 0 Å². The molecular formula is C20H20N6O2S2. The monoisotopic (exact) mass is 440 g/mol. The number of hydrogen-bond acceptors (Lipinski definition) is 8. The molecule has 8 nitrogen and oxygen atoms in total. The number of ether oxygens (including phenoxy) is 1. The number of carbonyl (C=O) groups is 1. The van der Waals surface area contributed by atoms with Crippen LogP contribution in [0.25, 0.3) is 5.69 Å². The number of benzene rings is 1. The number of aromatic nitrogens is 4. The second kappa shape index (κ2) is 8.85. The molecule has 3 aromatic rings. The molecule has 4 rings (SSSR count). The van der Waals surface area contributed by atoms with Crippen molar-refractivity contribution in [1.82, 2.24) is 20.2 Å². The molecule has 1 amide bonds. The van der Waals surface area contributed by atoms with Crippen LogP contribution in [0.4, 0.5) is 5.00 Å². The fourth-order valence-corrected chi connectivity index (χ4v) is 5.39. The first-order chi connectivity index (χ1) is 14.6. The van der Waals surface area contributed by atoms with Gasteiger partial charge in [-0.15, -0.1) is 16.4 Å². The number of aryl methyl sites for hydroxylation is 1. The van der Waals surface area contributed by atoms with Crippen molar-refractivity contribution in [2.75, 3.05) is 12.4 Å². The minimum atomic E-state index is -0.446. The highest BCUT2D eigenvalue weighted by Gasteiger charge is 2.25. The Hall–Kier alpha value is -2.90. The number of carbonyl (C=O) groups excluding carboxylic acids is 1. The lowest BCUT2D eigenvalue weighted by Gasteiger charge is -2.11. The number of fused-ring (bicyclic) bond motifs is 1. The van der Waals surface area contributed by atoms with Gasteiger partial charge < -0.3 is 10.1 Å². The number of amides is 1. The van der Waals surface area contributed by atoms with E-state index in [4.69, 9.17) is 4.74 Å². The molecular weight excluding hydrogens is 420 g/mol. The summed E-state index contributed by atoms with van der Waals surface area (Å²) in [5.74, 6) is 0.556. The summed E-state index contributed by atoms with van der Waals surface area (Å²) in [7, 11) is 1.61. The van der Waals surface area contributed by atoms with E-state index < -0.39 is 5.25 Å². The Morgan fingerprint density at radius 1 is 1.33 bits per heavy atom. The van der Waals surface area contributed by atoms with Gasteiger partial charge in [-0.25, -0.2) is 0 Å². The summed E-state index contributed by atoms with van der Waals surface area (Å²) in [5, 5.41) is 25.1.